The summed E-state index contributed by atoms with van der Waals surface area (Å²) in [6.07, 6.45) is 8.72. The van der Waals surface area contributed by atoms with Gasteiger partial charge in [0.2, 0.25) is 0 Å². The second kappa shape index (κ2) is 7.59. The molecule has 0 N–H and O–H groups in total. The molecule has 0 amide bonds. The molecule has 21 heavy (non-hydrogen) atoms. The fraction of sp³-hybridized carbons (Fsp3) is 0.550. The molecule has 1 heteroatoms. The minimum Gasteiger partial charge on any atom is -0.299 e. The molecule has 1 aromatic carbocycles. The molecule has 1 aromatic rings. The lowest BCUT2D eigenvalue weighted by Crippen LogP contribution is -2.14. The highest BCUT2D eigenvalue weighted by molar-refractivity contribution is 5.84. The standard InChI is InChI=1S/C20H28O/c1-4-18-19(16(3)14-20(18)21)13-11-15(2)10-12-17-8-6-5-7-9-17/h5-9,11,13,15-16,18-19H,4,10,12,14H2,1-3H3/b13-11+/t15-,16+,18+,19-/m0/s1. The zero-order valence-electron chi connectivity index (χ0n) is 13.6. The van der Waals surface area contributed by atoms with Crippen LogP contribution in [0.4, 0.5) is 0 Å². The molecule has 0 aromatic heterocycles. The third kappa shape index (κ3) is 4.30. The van der Waals surface area contributed by atoms with Gasteiger partial charge >= 0.3 is 0 Å². The minimum atomic E-state index is 0.262. The van der Waals surface area contributed by atoms with E-state index in [1.807, 2.05) is 0 Å². The number of benzene rings is 1. The van der Waals surface area contributed by atoms with Crippen molar-refractivity contribution < 1.29 is 4.79 Å². The molecule has 0 radical (unpaired) electrons. The van der Waals surface area contributed by atoms with Crippen molar-refractivity contribution >= 4 is 5.78 Å². The third-order valence-corrected chi connectivity index (χ3v) is 4.89. The van der Waals surface area contributed by atoms with Crippen molar-refractivity contribution in [2.75, 3.05) is 0 Å². The summed E-state index contributed by atoms with van der Waals surface area (Å²) in [6.45, 7) is 6.64. The topological polar surface area (TPSA) is 17.1 Å². The van der Waals surface area contributed by atoms with Crippen LogP contribution in [0.2, 0.25) is 0 Å². The van der Waals surface area contributed by atoms with E-state index in [4.69, 9.17) is 0 Å². The van der Waals surface area contributed by atoms with Gasteiger partial charge in [-0.25, -0.2) is 0 Å². The van der Waals surface area contributed by atoms with Crippen LogP contribution in [0, 0.1) is 23.7 Å². The molecule has 0 bridgehead atoms. The number of Topliss-reactive ketones (excluding diaryl/α,β-unsaturated/α-hetero) is 1. The molecule has 4 atom stereocenters. The highest BCUT2D eigenvalue weighted by atomic mass is 16.1. The summed E-state index contributed by atoms with van der Waals surface area (Å²) in [5.41, 5.74) is 1.41. The van der Waals surface area contributed by atoms with Gasteiger partial charge in [-0.3, -0.25) is 4.79 Å². The Balaban J connectivity index is 1.86. The molecule has 1 aliphatic carbocycles. The molecule has 114 valence electrons. The van der Waals surface area contributed by atoms with Gasteiger partial charge in [-0.1, -0.05) is 63.3 Å². The highest BCUT2D eigenvalue weighted by Gasteiger charge is 2.36. The second-order valence-electron chi connectivity index (χ2n) is 6.63. The number of hydrogen-bond acceptors (Lipinski definition) is 1. The summed E-state index contributed by atoms with van der Waals surface area (Å²) in [5.74, 6) is 2.28. The molecule has 0 aliphatic heterocycles. The molecule has 0 heterocycles. The van der Waals surface area contributed by atoms with E-state index in [2.05, 4.69) is 63.3 Å². The van der Waals surface area contributed by atoms with Gasteiger partial charge in [0.05, 0.1) is 0 Å². The summed E-state index contributed by atoms with van der Waals surface area (Å²) < 4.78 is 0. The van der Waals surface area contributed by atoms with E-state index >= 15 is 0 Å². The van der Waals surface area contributed by atoms with Gasteiger partial charge in [0.25, 0.3) is 0 Å². The first-order valence-electron chi connectivity index (χ1n) is 8.36. The lowest BCUT2D eigenvalue weighted by atomic mass is 9.87. The second-order valence-corrected chi connectivity index (χ2v) is 6.63. The van der Waals surface area contributed by atoms with Gasteiger partial charge in [-0.2, -0.15) is 0 Å². The Morgan fingerprint density at radius 2 is 2.00 bits per heavy atom. The van der Waals surface area contributed by atoms with E-state index in [0.717, 1.165) is 19.3 Å². The quantitative estimate of drug-likeness (QED) is 0.667. The van der Waals surface area contributed by atoms with Crippen LogP contribution in [-0.2, 0) is 11.2 Å². The first-order chi connectivity index (χ1) is 10.1. The van der Waals surface area contributed by atoms with Gasteiger partial charge < -0.3 is 0 Å². The van der Waals surface area contributed by atoms with Gasteiger partial charge in [0.15, 0.2) is 0 Å². The zero-order chi connectivity index (χ0) is 15.2. The van der Waals surface area contributed by atoms with Crippen LogP contribution in [0.3, 0.4) is 0 Å². The normalized spacial score (nSPS) is 27.4. The van der Waals surface area contributed by atoms with Gasteiger partial charge in [-0.15, -0.1) is 0 Å². The van der Waals surface area contributed by atoms with Crippen molar-refractivity contribution in [2.24, 2.45) is 23.7 Å². The maximum absolute atomic E-state index is 11.9. The lowest BCUT2D eigenvalue weighted by Gasteiger charge is -2.17. The van der Waals surface area contributed by atoms with Crippen LogP contribution in [0.1, 0.15) is 45.6 Å². The summed E-state index contributed by atoms with van der Waals surface area (Å²) in [4.78, 5) is 11.9. The minimum absolute atomic E-state index is 0.262. The molecular weight excluding hydrogens is 256 g/mol. The number of rotatable bonds is 6. The van der Waals surface area contributed by atoms with Gasteiger partial charge in [-0.05, 0) is 42.6 Å². The SMILES string of the molecule is CC[C@H]1C(=O)C[C@@H](C)[C@@H]1/C=C/[C@@H](C)CCc1ccccc1. The predicted molar refractivity (Wildman–Crippen MR) is 89.1 cm³/mol. The molecule has 0 saturated heterocycles. The smallest absolute Gasteiger partial charge is 0.136 e. The van der Waals surface area contributed by atoms with Crippen molar-refractivity contribution in [3.63, 3.8) is 0 Å². The molecular formula is C20H28O. The van der Waals surface area contributed by atoms with Crippen LogP contribution >= 0.6 is 0 Å². The largest absolute Gasteiger partial charge is 0.299 e. The first kappa shape index (κ1) is 16.0. The van der Waals surface area contributed by atoms with Crippen molar-refractivity contribution in [2.45, 2.75) is 46.5 Å². The van der Waals surface area contributed by atoms with Crippen LogP contribution < -0.4 is 0 Å². The number of aryl methyl sites for hydroxylation is 1. The van der Waals surface area contributed by atoms with Crippen LogP contribution in [0.5, 0.6) is 0 Å². The first-order valence-corrected chi connectivity index (χ1v) is 8.36. The molecule has 1 nitrogen and oxygen atoms in total. The Bertz CT molecular complexity index is 474. The Kier molecular flexibility index (Phi) is 5.78. The maximum atomic E-state index is 11.9. The van der Waals surface area contributed by atoms with E-state index in [1.54, 1.807) is 0 Å². The average Bonchev–Trinajstić information content (AvgIpc) is 2.77. The van der Waals surface area contributed by atoms with E-state index in [-0.39, 0.29) is 5.92 Å². The van der Waals surface area contributed by atoms with Crippen molar-refractivity contribution in [3.8, 4) is 0 Å². The number of ketones is 1. The fourth-order valence-corrected chi connectivity index (χ4v) is 3.49. The molecule has 2 rings (SSSR count). The van der Waals surface area contributed by atoms with Crippen LogP contribution in [-0.4, -0.2) is 5.78 Å². The molecule has 1 fully saturated rings. The Labute approximate surface area is 129 Å². The summed E-state index contributed by atoms with van der Waals surface area (Å²) in [6, 6.07) is 10.7. The van der Waals surface area contributed by atoms with E-state index in [9.17, 15) is 4.79 Å². The summed E-state index contributed by atoms with van der Waals surface area (Å²) in [5, 5.41) is 0. The van der Waals surface area contributed by atoms with Crippen LogP contribution in [0.25, 0.3) is 0 Å². The zero-order valence-corrected chi connectivity index (χ0v) is 13.6. The van der Waals surface area contributed by atoms with E-state index in [0.29, 0.717) is 23.5 Å². The summed E-state index contributed by atoms with van der Waals surface area (Å²) >= 11 is 0. The molecule has 0 spiro atoms. The average molecular weight is 284 g/mol. The monoisotopic (exact) mass is 284 g/mol. The fourth-order valence-electron chi connectivity index (χ4n) is 3.49. The van der Waals surface area contributed by atoms with Crippen LogP contribution in [0.15, 0.2) is 42.5 Å². The van der Waals surface area contributed by atoms with E-state index in [1.165, 1.54) is 12.0 Å². The van der Waals surface area contributed by atoms with Crippen molar-refractivity contribution in [1.82, 2.24) is 0 Å². The predicted octanol–water partition coefficient (Wildman–Crippen LogP) is 5.06. The Hall–Kier alpha value is -1.37. The number of carbonyl (C=O) groups is 1. The lowest BCUT2D eigenvalue weighted by molar-refractivity contribution is -0.121. The van der Waals surface area contributed by atoms with Crippen molar-refractivity contribution in [3.05, 3.63) is 48.0 Å². The number of carbonyl (C=O) groups excluding carboxylic acids is 1. The number of hydrogen-bond donors (Lipinski definition) is 0. The Morgan fingerprint density at radius 1 is 1.29 bits per heavy atom. The van der Waals surface area contributed by atoms with Crippen molar-refractivity contribution in [1.29, 1.82) is 0 Å². The van der Waals surface area contributed by atoms with Gasteiger partial charge in [0.1, 0.15) is 5.78 Å². The molecule has 1 saturated carbocycles. The van der Waals surface area contributed by atoms with Gasteiger partial charge in [0, 0.05) is 12.3 Å². The van der Waals surface area contributed by atoms with E-state index < -0.39 is 0 Å². The Morgan fingerprint density at radius 3 is 2.67 bits per heavy atom. The third-order valence-electron chi connectivity index (χ3n) is 4.89. The summed E-state index contributed by atoms with van der Waals surface area (Å²) in [7, 11) is 0. The molecule has 0 unspecified atom stereocenters. The maximum Gasteiger partial charge on any atom is 0.136 e. The number of allylic oxidation sites excluding steroid dienone is 2. The molecule has 1 aliphatic rings. The highest BCUT2D eigenvalue weighted by Crippen LogP contribution is 2.37.